The number of carbonyl (C=O) groups is 1. The van der Waals surface area contributed by atoms with Gasteiger partial charge in [-0.05, 0) is 24.4 Å². The van der Waals surface area contributed by atoms with Crippen molar-refractivity contribution in [2.24, 2.45) is 5.92 Å². The molecule has 10 heteroatoms. The van der Waals surface area contributed by atoms with Crippen molar-refractivity contribution in [1.29, 1.82) is 0 Å². The Morgan fingerprint density at radius 1 is 1.36 bits per heavy atom. The predicted molar refractivity (Wildman–Crippen MR) is 73.3 cm³/mol. The second kappa shape index (κ2) is 7.08. The summed E-state index contributed by atoms with van der Waals surface area (Å²) in [5, 5.41) is 12.0. The van der Waals surface area contributed by atoms with Gasteiger partial charge in [0.25, 0.3) is 0 Å². The van der Waals surface area contributed by atoms with Crippen molar-refractivity contribution < 1.29 is 18.0 Å². The molecule has 0 aromatic carbocycles. The summed E-state index contributed by atoms with van der Waals surface area (Å²) in [7, 11) is 0. The van der Waals surface area contributed by atoms with E-state index in [-0.39, 0.29) is 11.3 Å². The fourth-order valence-electron chi connectivity index (χ4n) is 2.48. The second-order valence-corrected chi connectivity index (χ2v) is 5.42. The molecule has 2 unspecified atom stereocenters. The van der Waals surface area contributed by atoms with Crippen LogP contribution in [-0.4, -0.2) is 39.9 Å². The minimum Gasteiger partial charge on any atom is -0.365 e. The topological polar surface area (TPSA) is 79.8 Å². The van der Waals surface area contributed by atoms with E-state index in [1.807, 2.05) is 5.32 Å². The fourth-order valence-corrected chi connectivity index (χ4v) is 2.61. The van der Waals surface area contributed by atoms with E-state index in [1.165, 1.54) is 6.20 Å². The monoisotopic (exact) mass is 337 g/mol. The summed E-state index contributed by atoms with van der Waals surface area (Å²) >= 11 is 5.63. The van der Waals surface area contributed by atoms with Crippen LogP contribution in [0.25, 0.3) is 0 Å². The number of carbonyl (C=O) groups excluding carboxylic acids is 1. The summed E-state index contributed by atoms with van der Waals surface area (Å²) in [5.74, 6) is -0.812. The number of hydrogen-bond donors (Lipinski definition) is 2. The van der Waals surface area contributed by atoms with Crippen LogP contribution in [0.2, 0.25) is 5.28 Å². The second-order valence-electron chi connectivity index (χ2n) is 5.09. The van der Waals surface area contributed by atoms with Gasteiger partial charge in [-0.1, -0.05) is 12.8 Å². The van der Waals surface area contributed by atoms with Gasteiger partial charge in [0.2, 0.25) is 11.2 Å². The first-order valence-corrected chi connectivity index (χ1v) is 7.19. The zero-order valence-corrected chi connectivity index (χ0v) is 12.3. The lowest BCUT2D eigenvalue weighted by Gasteiger charge is -2.31. The zero-order valence-electron chi connectivity index (χ0n) is 11.5. The number of alkyl halides is 3. The van der Waals surface area contributed by atoms with Gasteiger partial charge >= 0.3 is 6.18 Å². The molecule has 2 atom stereocenters. The third-order valence-electron chi connectivity index (χ3n) is 3.43. The molecule has 1 aromatic heterocycles. The van der Waals surface area contributed by atoms with Crippen molar-refractivity contribution in [2.45, 2.75) is 37.9 Å². The van der Waals surface area contributed by atoms with Crippen LogP contribution in [0.4, 0.5) is 19.0 Å². The highest BCUT2D eigenvalue weighted by Crippen LogP contribution is 2.27. The molecular formula is C12H15ClF3N5O. The van der Waals surface area contributed by atoms with Crippen molar-refractivity contribution in [3.05, 3.63) is 11.5 Å². The maximum atomic E-state index is 12.2. The SMILES string of the molecule is O=C(NCC(F)(F)F)C1CCCCC1Nc1cnnc(Cl)n1. The molecule has 22 heavy (non-hydrogen) atoms. The van der Waals surface area contributed by atoms with E-state index in [2.05, 4.69) is 20.5 Å². The first-order chi connectivity index (χ1) is 10.3. The van der Waals surface area contributed by atoms with Gasteiger partial charge in [0.1, 0.15) is 12.4 Å². The molecule has 0 radical (unpaired) electrons. The largest absolute Gasteiger partial charge is 0.405 e. The average Bonchev–Trinajstić information content (AvgIpc) is 2.45. The maximum absolute atomic E-state index is 12.2. The van der Waals surface area contributed by atoms with Crippen LogP contribution in [0.15, 0.2) is 6.20 Å². The lowest BCUT2D eigenvalue weighted by Crippen LogP contribution is -2.45. The van der Waals surface area contributed by atoms with Crippen LogP contribution in [0, 0.1) is 5.92 Å². The Hall–Kier alpha value is -1.64. The van der Waals surface area contributed by atoms with E-state index in [0.29, 0.717) is 18.7 Å². The molecule has 122 valence electrons. The smallest absolute Gasteiger partial charge is 0.365 e. The Kier molecular flexibility index (Phi) is 5.38. The van der Waals surface area contributed by atoms with Crippen LogP contribution >= 0.6 is 11.6 Å². The minimum absolute atomic E-state index is 0.0427. The van der Waals surface area contributed by atoms with E-state index >= 15 is 0 Å². The predicted octanol–water partition coefficient (Wildman–Crippen LogP) is 2.17. The summed E-state index contributed by atoms with van der Waals surface area (Å²) < 4.78 is 36.6. The van der Waals surface area contributed by atoms with E-state index in [4.69, 9.17) is 11.6 Å². The molecule has 1 aliphatic rings. The average molecular weight is 338 g/mol. The molecule has 0 spiro atoms. The number of halogens is 4. The van der Waals surface area contributed by atoms with E-state index < -0.39 is 24.5 Å². The Balaban J connectivity index is 2.00. The standard InChI is InChI=1S/C12H15ClF3N5O/c13-11-20-9(5-18-21-11)19-8-4-2-1-3-7(8)10(22)17-6-12(14,15)16/h5,7-8H,1-4,6H2,(H,17,22)(H,19,20,21). The molecule has 1 heterocycles. The lowest BCUT2D eigenvalue weighted by molar-refractivity contribution is -0.141. The van der Waals surface area contributed by atoms with Gasteiger partial charge in [-0.3, -0.25) is 4.79 Å². The third kappa shape index (κ3) is 4.97. The Bertz CT molecular complexity index is 528. The molecule has 0 saturated heterocycles. The highest BCUT2D eigenvalue weighted by molar-refractivity contribution is 6.28. The minimum atomic E-state index is -4.42. The molecule has 2 N–H and O–H groups in total. The molecule has 0 bridgehead atoms. The van der Waals surface area contributed by atoms with Crippen LogP contribution in [0.5, 0.6) is 0 Å². The van der Waals surface area contributed by atoms with Gasteiger partial charge in [-0.15, -0.1) is 5.10 Å². The van der Waals surface area contributed by atoms with Gasteiger partial charge in [0.05, 0.1) is 12.1 Å². The molecule has 1 amide bonds. The van der Waals surface area contributed by atoms with Crippen LogP contribution in [0.1, 0.15) is 25.7 Å². The summed E-state index contributed by atoms with van der Waals surface area (Å²) in [6.07, 6.45) is -0.208. The van der Waals surface area contributed by atoms with Crippen LogP contribution < -0.4 is 10.6 Å². The number of rotatable bonds is 4. The van der Waals surface area contributed by atoms with Gasteiger partial charge in [0, 0.05) is 6.04 Å². The van der Waals surface area contributed by atoms with Crippen molar-refractivity contribution in [2.75, 3.05) is 11.9 Å². The normalized spacial score (nSPS) is 22.2. The molecule has 1 aromatic rings. The third-order valence-corrected chi connectivity index (χ3v) is 3.59. The van der Waals surface area contributed by atoms with E-state index in [9.17, 15) is 18.0 Å². The van der Waals surface area contributed by atoms with Gasteiger partial charge < -0.3 is 10.6 Å². The number of nitrogens with one attached hydrogen (secondary N) is 2. The summed E-state index contributed by atoms with van der Waals surface area (Å²) in [5.41, 5.74) is 0. The Morgan fingerprint density at radius 3 is 2.77 bits per heavy atom. The summed E-state index contributed by atoms with van der Waals surface area (Å²) in [6, 6.07) is -0.310. The Labute approximate surface area is 129 Å². The molecule has 2 rings (SSSR count). The Morgan fingerprint density at radius 2 is 2.09 bits per heavy atom. The molecule has 0 aliphatic heterocycles. The number of nitrogens with zero attached hydrogens (tertiary/aromatic N) is 3. The number of amides is 1. The maximum Gasteiger partial charge on any atom is 0.405 e. The first-order valence-electron chi connectivity index (χ1n) is 6.81. The summed E-state index contributed by atoms with van der Waals surface area (Å²) in [4.78, 5) is 15.9. The lowest BCUT2D eigenvalue weighted by atomic mass is 9.84. The van der Waals surface area contributed by atoms with Gasteiger partial charge in [0.15, 0.2) is 0 Å². The summed E-state index contributed by atoms with van der Waals surface area (Å²) in [6.45, 7) is -1.32. The molecule has 6 nitrogen and oxygen atoms in total. The van der Waals surface area contributed by atoms with Crippen molar-refractivity contribution in [1.82, 2.24) is 20.5 Å². The molecule has 1 fully saturated rings. The first kappa shape index (κ1) is 16.7. The van der Waals surface area contributed by atoms with Crippen molar-refractivity contribution >= 4 is 23.3 Å². The molecular weight excluding hydrogens is 323 g/mol. The van der Waals surface area contributed by atoms with Crippen LogP contribution in [-0.2, 0) is 4.79 Å². The quantitative estimate of drug-likeness (QED) is 0.880. The van der Waals surface area contributed by atoms with Crippen molar-refractivity contribution in [3.63, 3.8) is 0 Å². The van der Waals surface area contributed by atoms with E-state index in [1.54, 1.807) is 0 Å². The number of aromatic nitrogens is 3. The van der Waals surface area contributed by atoms with E-state index in [0.717, 1.165) is 12.8 Å². The molecule has 1 aliphatic carbocycles. The molecule has 1 saturated carbocycles. The van der Waals surface area contributed by atoms with Gasteiger partial charge in [-0.25, -0.2) is 0 Å². The number of anilines is 1. The van der Waals surface area contributed by atoms with Crippen LogP contribution in [0.3, 0.4) is 0 Å². The highest BCUT2D eigenvalue weighted by Gasteiger charge is 2.34. The highest BCUT2D eigenvalue weighted by atomic mass is 35.5. The zero-order chi connectivity index (χ0) is 16.2. The van der Waals surface area contributed by atoms with Gasteiger partial charge in [-0.2, -0.15) is 23.3 Å². The van der Waals surface area contributed by atoms with Crippen molar-refractivity contribution in [3.8, 4) is 0 Å². The number of hydrogen-bond acceptors (Lipinski definition) is 5. The fraction of sp³-hybridized carbons (Fsp3) is 0.667.